The fourth-order valence-corrected chi connectivity index (χ4v) is 4.17. The second kappa shape index (κ2) is 8.72. The molecule has 1 heterocycles. The van der Waals surface area contributed by atoms with Crippen molar-refractivity contribution >= 4 is 5.97 Å². The van der Waals surface area contributed by atoms with Crippen LogP contribution in [-0.2, 0) is 11.4 Å². The topological polar surface area (TPSA) is 65.0 Å². The number of ether oxygens (including phenoxy) is 3. The number of rotatable bonds is 7. The molecule has 4 rings (SSSR count). The first kappa shape index (κ1) is 20.8. The minimum absolute atomic E-state index is 0.0696. The van der Waals surface area contributed by atoms with Crippen LogP contribution in [0.1, 0.15) is 34.6 Å². The SMILES string of the molecule is COc1ccc(COc2ccc3c(c2)OCC3CC(=O)O)cc1-c1c(C)cccc1C. The van der Waals surface area contributed by atoms with Crippen molar-refractivity contribution in [1.29, 1.82) is 0 Å². The van der Waals surface area contributed by atoms with Gasteiger partial charge < -0.3 is 19.3 Å². The van der Waals surface area contributed by atoms with Gasteiger partial charge in [-0.05, 0) is 54.3 Å². The lowest BCUT2D eigenvalue weighted by molar-refractivity contribution is -0.137. The Kier molecular flexibility index (Phi) is 5.85. The Morgan fingerprint density at radius 1 is 1.10 bits per heavy atom. The third kappa shape index (κ3) is 4.36. The molecule has 1 N–H and O–H groups in total. The van der Waals surface area contributed by atoms with Gasteiger partial charge in [-0.25, -0.2) is 0 Å². The number of fused-ring (bicyclic) bond motifs is 1. The number of hydrogen-bond donors (Lipinski definition) is 1. The minimum Gasteiger partial charge on any atom is -0.496 e. The highest BCUT2D eigenvalue weighted by Gasteiger charge is 2.26. The van der Waals surface area contributed by atoms with Gasteiger partial charge in [-0.3, -0.25) is 4.79 Å². The number of benzene rings is 3. The summed E-state index contributed by atoms with van der Waals surface area (Å²) in [4.78, 5) is 11.0. The number of aliphatic carboxylic acids is 1. The third-order valence-corrected chi connectivity index (χ3v) is 5.71. The van der Waals surface area contributed by atoms with Gasteiger partial charge in [-0.1, -0.05) is 30.3 Å². The van der Waals surface area contributed by atoms with Gasteiger partial charge in [0.15, 0.2) is 0 Å². The van der Waals surface area contributed by atoms with Crippen LogP contribution in [0.4, 0.5) is 0 Å². The van der Waals surface area contributed by atoms with E-state index in [1.165, 1.54) is 16.7 Å². The van der Waals surface area contributed by atoms with Crippen LogP contribution in [0.15, 0.2) is 54.6 Å². The van der Waals surface area contributed by atoms with Gasteiger partial charge >= 0.3 is 5.97 Å². The lowest BCUT2D eigenvalue weighted by Crippen LogP contribution is -2.07. The molecule has 160 valence electrons. The molecule has 5 nitrogen and oxygen atoms in total. The zero-order valence-corrected chi connectivity index (χ0v) is 18.0. The highest BCUT2D eigenvalue weighted by Crippen LogP contribution is 2.39. The van der Waals surface area contributed by atoms with Gasteiger partial charge in [0.1, 0.15) is 23.9 Å². The summed E-state index contributed by atoms with van der Waals surface area (Å²) in [6.07, 6.45) is 0.0696. The number of aryl methyl sites for hydroxylation is 2. The smallest absolute Gasteiger partial charge is 0.304 e. The van der Waals surface area contributed by atoms with Crippen LogP contribution in [0, 0.1) is 13.8 Å². The normalized spacial score (nSPS) is 14.6. The zero-order valence-electron chi connectivity index (χ0n) is 18.0. The maximum absolute atomic E-state index is 11.0. The van der Waals surface area contributed by atoms with Crippen LogP contribution in [0.25, 0.3) is 11.1 Å². The van der Waals surface area contributed by atoms with E-state index < -0.39 is 5.97 Å². The predicted octanol–water partition coefficient (Wildman–Crippen LogP) is 5.51. The van der Waals surface area contributed by atoms with Crippen molar-refractivity contribution in [3.05, 3.63) is 76.9 Å². The Hall–Kier alpha value is -3.47. The summed E-state index contributed by atoms with van der Waals surface area (Å²) in [7, 11) is 1.69. The first-order valence-electron chi connectivity index (χ1n) is 10.3. The fourth-order valence-electron chi connectivity index (χ4n) is 4.17. The molecule has 5 heteroatoms. The van der Waals surface area contributed by atoms with Crippen molar-refractivity contribution in [3.63, 3.8) is 0 Å². The average Bonchev–Trinajstić information content (AvgIpc) is 3.13. The molecule has 1 aliphatic heterocycles. The highest BCUT2D eigenvalue weighted by atomic mass is 16.5. The second-order valence-electron chi connectivity index (χ2n) is 7.90. The Bertz CT molecular complexity index is 1100. The molecule has 0 radical (unpaired) electrons. The van der Waals surface area contributed by atoms with Crippen LogP contribution in [0.2, 0.25) is 0 Å². The summed E-state index contributed by atoms with van der Waals surface area (Å²) in [6.45, 7) is 5.00. The maximum Gasteiger partial charge on any atom is 0.304 e. The lowest BCUT2D eigenvalue weighted by Gasteiger charge is -2.16. The fraction of sp³-hybridized carbons (Fsp3) is 0.269. The van der Waals surface area contributed by atoms with Gasteiger partial charge in [0.25, 0.3) is 0 Å². The van der Waals surface area contributed by atoms with Crippen LogP contribution in [-0.4, -0.2) is 24.8 Å². The van der Waals surface area contributed by atoms with Crippen molar-refractivity contribution in [3.8, 4) is 28.4 Å². The quantitative estimate of drug-likeness (QED) is 0.548. The number of carbonyl (C=O) groups is 1. The Morgan fingerprint density at radius 3 is 2.58 bits per heavy atom. The molecule has 0 fully saturated rings. The molecule has 0 saturated heterocycles. The van der Waals surface area contributed by atoms with Crippen molar-refractivity contribution in [1.82, 2.24) is 0 Å². The lowest BCUT2D eigenvalue weighted by atomic mass is 9.94. The number of hydrogen-bond acceptors (Lipinski definition) is 4. The molecule has 3 aromatic carbocycles. The van der Waals surface area contributed by atoms with Crippen LogP contribution in [0.5, 0.6) is 17.2 Å². The van der Waals surface area contributed by atoms with E-state index in [1.54, 1.807) is 7.11 Å². The molecule has 0 aromatic heterocycles. The molecule has 0 amide bonds. The minimum atomic E-state index is -0.819. The first-order valence-corrected chi connectivity index (χ1v) is 10.3. The van der Waals surface area contributed by atoms with Crippen molar-refractivity contribution in [2.45, 2.75) is 32.8 Å². The second-order valence-corrected chi connectivity index (χ2v) is 7.90. The Labute approximate surface area is 182 Å². The summed E-state index contributed by atoms with van der Waals surface area (Å²) in [6, 6.07) is 18.0. The number of methoxy groups -OCH3 is 1. The molecule has 0 bridgehead atoms. The van der Waals surface area contributed by atoms with Gasteiger partial charge in [-0.15, -0.1) is 0 Å². The van der Waals surface area contributed by atoms with Gasteiger partial charge in [0.05, 0.1) is 20.1 Å². The van der Waals surface area contributed by atoms with Crippen LogP contribution in [0.3, 0.4) is 0 Å². The molecule has 1 atom stereocenters. The number of carboxylic acids is 1. The van der Waals surface area contributed by atoms with Gasteiger partial charge in [0, 0.05) is 23.1 Å². The van der Waals surface area contributed by atoms with E-state index >= 15 is 0 Å². The summed E-state index contributed by atoms with van der Waals surface area (Å²) in [5, 5.41) is 9.05. The van der Waals surface area contributed by atoms with E-state index in [1.807, 2.05) is 30.3 Å². The summed E-state index contributed by atoms with van der Waals surface area (Å²) in [5.41, 5.74) is 6.58. The number of carboxylic acid groups (broad SMARTS) is 1. The molecule has 0 saturated carbocycles. The van der Waals surface area contributed by atoms with E-state index in [0.717, 1.165) is 22.4 Å². The van der Waals surface area contributed by atoms with Crippen LogP contribution < -0.4 is 14.2 Å². The van der Waals surface area contributed by atoms with Gasteiger partial charge in [-0.2, -0.15) is 0 Å². The molecular weight excluding hydrogens is 392 g/mol. The standard InChI is InChI=1S/C26H26O5/c1-16-5-4-6-17(2)26(16)22-11-18(7-10-23(22)29-3)14-30-20-8-9-21-19(12-25(27)28)15-31-24(21)13-20/h4-11,13,19H,12,14-15H2,1-3H3,(H,27,28). The molecule has 0 spiro atoms. The van der Waals surface area contributed by atoms with E-state index in [4.69, 9.17) is 19.3 Å². The average molecular weight is 418 g/mol. The van der Waals surface area contributed by atoms with Crippen molar-refractivity contribution < 1.29 is 24.1 Å². The third-order valence-electron chi connectivity index (χ3n) is 5.71. The largest absolute Gasteiger partial charge is 0.496 e. The molecule has 31 heavy (non-hydrogen) atoms. The first-order chi connectivity index (χ1) is 15.0. The highest BCUT2D eigenvalue weighted by molar-refractivity contribution is 5.76. The van der Waals surface area contributed by atoms with E-state index in [0.29, 0.717) is 24.7 Å². The molecular formula is C26H26O5. The summed E-state index contributed by atoms with van der Waals surface area (Å²) >= 11 is 0. The van der Waals surface area contributed by atoms with Gasteiger partial charge in [0.2, 0.25) is 0 Å². The molecule has 0 aliphatic carbocycles. The Morgan fingerprint density at radius 2 is 1.87 bits per heavy atom. The zero-order chi connectivity index (χ0) is 22.0. The maximum atomic E-state index is 11.0. The molecule has 1 aliphatic rings. The van der Waals surface area contributed by atoms with E-state index in [9.17, 15) is 4.79 Å². The molecule has 3 aromatic rings. The van der Waals surface area contributed by atoms with Crippen molar-refractivity contribution in [2.75, 3.05) is 13.7 Å². The molecule has 1 unspecified atom stereocenters. The summed E-state index contributed by atoms with van der Waals surface area (Å²) < 4.78 is 17.3. The monoisotopic (exact) mass is 418 g/mol. The summed E-state index contributed by atoms with van der Waals surface area (Å²) in [5.74, 6) is 1.30. The Balaban J connectivity index is 1.54. The van der Waals surface area contributed by atoms with Crippen molar-refractivity contribution in [2.24, 2.45) is 0 Å². The predicted molar refractivity (Wildman–Crippen MR) is 119 cm³/mol. The van der Waals surface area contributed by atoms with E-state index in [-0.39, 0.29) is 12.3 Å². The van der Waals surface area contributed by atoms with Crippen LogP contribution >= 0.6 is 0 Å². The van der Waals surface area contributed by atoms with E-state index in [2.05, 4.69) is 38.1 Å².